The molecule has 0 heterocycles. The molecule has 0 saturated heterocycles. The fraction of sp³-hybridized carbons (Fsp3) is 0.500. The van der Waals surface area contributed by atoms with Crippen LogP contribution in [0.25, 0.3) is 0 Å². The highest BCUT2D eigenvalue weighted by molar-refractivity contribution is 7.89. The van der Waals surface area contributed by atoms with Crippen molar-refractivity contribution in [2.75, 3.05) is 26.7 Å². The lowest BCUT2D eigenvalue weighted by atomic mass is 10.2. The average Bonchev–Trinajstić information content (AvgIpc) is 2.44. The first-order valence-electron chi connectivity index (χ1n) is 6.78. The predicted octanol–water partition coefficient (Wildman–Crippen LogP) is 1.15. The van der Waals surface area contributed by atoms with Crippen molar-refractivity contribution in [3.05, 3.63) is 23.8 Å². The van der Waals surface area contributed by atoms with Crippen molar-refractivity contribution >= 4 is 15.9 Å². The number of amides is 1. The van der Waals surface area contributed by atoms with E-state index in [1.54, 1.807) is 32.9 Å². The van der Waals surface area contributed by atoms with Gasteiger partial charge in [-0.25, -0.2) is 8.42 Å². The van der Waals surface area contributed by atoms with E-state index in [1.165, 1.54) is 13.2 Å². The van der Waals surface area contributed by atoms with Gasteiger partial charge in [0, 0.05) is 13.1 Å². The lowest BCUT2D eigenvalue weighted by Crippen LogP contribution is -2.40. The molecule has 0 bridgehead atoms. The van der Waals surface area contributed by atoms with Gasteiger partial charge in [0.1, 0.15) is 5.75 Å². The molecule has 0 atom stereocenters. The number of likely N-dealkylation sites (N-methyl/N-ethyl adjacent to an activating group) is 2. The lowest BCUT2D eigenvalue weighted by molar-refractivity contribution is -0.121. The Morgan fingerprint density at radius 3 is 2.48 bits per heavy atom. The van der Waals surface area contributed by atoms with Gasteiger partial charge in [-0.3, -0.25) is 4.79 Å². The van der Waals surface area contributed by atoms with Crippen molar-refractivity contribution in [3.8, 4) is 5.75 Å². The zero-order valence-electron chi connectivity index (χ0n) is 12.8. The maximum atomic E-state index is 12.6. The van der Waals surface area contributed by atoms with E-state index >= 15 is 0 Å². The number of nitrogens with zero attached hydrogens (tertiary/aromatic N) is 1. The van der Waals surface area contributed by atoms with Crippen LogP contribution in [-0.4, -0.2) is 45.4 Å². The first-order valence-corrected chi connectivity index (χ1v) is 8.22. The van der Waals surface area contributed by atoms with Crippen molar-refractivity contribution in [1.29, 1.82) is 0 Å². The van der Waals surface area contributed by atoms with E-state index in [0.717, 1.165) is 9.87 Å². The van der Waals surface area contributed by atoms with Gasteiger partial charge in [0.2, 0.25) is 15.9 Å². The van der Waals surface area contributed by atoms with Crippen molar-refractivity contribution in [2.45, 2.75) is 25.7 Å². The topological polar surface area (TPSA) is 75.7 Å². The highest BCUT2D eigenvalue weighted by Gasteiger charge is 2.25. The molecule has 0 spiro atoms. The third-order valence-corrected chi connectivity index (χ3v) is 4.97. The number of sulfonamides is 1. The number of nitrogens with one attached hydrogen (secondary N) is 1. The molecule has 6 nitrogen and oxygen atoms in total. The minimum Gasteiger partial charge on any atom is -0.496 e. The van der Waals surface area contributed by atoms with Crippen LogP contribution < -0.4 is 10.1 Å². The molecule has 0 saturated carbocycles. The van der Waals surface area contributed by atoms with Crippen LogP contribution in [-0.2, 0) is 14.8 Å². The Morgan fingerprint density at radius 1 is 1.33 bits per heavy atom. The molecule has 118 valence electrons. The normalized spacial score (nSPS) is 11.5. The molecule has 1 rings (SSSR count). The van der Waals surface area contributed by atoms with E-state index < -0.39 is 10.0 Å². The molecule has 1 aromatic rings. The van der Waals surface area contributed by atoms with Gasteiger partial charge in [0.15, 0.2) is 0 Å². The summed E-state index contributed by atoms with van der Waals surface area (Å²) >= 11 is 0. The second kappa shape index (κ2) is 7.42. The van der Waals surface area contributed by atoms with Gasteiger partial charge < -0.3 is 10.1 Å². The van der Waals surface area contributed by atoms with Gasteiger partial charge in [-0.2, -0.15) is 4.31 Å². The summed E-state index contributed by atoms with van der Waals surface area (Å²) in [4.78, 5) is 11.8. The summed E-state index contributed by atoms with van der Waals surface area (Å²) in [6.45, 7) is 5.78. The number of rotatable bonds is 7. The van der Waals surface area contributed by atoms with Crippen molar-refractivity contribution in [2.24, 2.45) is 0 Å². The molecule has 0 aliphatic carbocycles. The molecule has 0 aromatic heterocycles. The third kappa shape index (κ3) is 4.18. The number of hydrogen-bond acceptors (Lipinski definition) is 4. The van der Waals surface area contributed by atoms with Crippen molar-refractivity contribution in [1.82, 2.24) is 9.62 Å². The molecule has 0 fully saturated rings. The molecular formula is C14H22N2O4S. The number of benzene rings is 1. The molecule has 1 amide bonds. The Labute approximate surface area is 126 Å². The fourth-order valence-corrected chi connectivity index (χ4v) is 3.43. The second-order valence-corrected chi connectivity index (χ2v) is 6.45. The van der Waals surface area contributed by atoms with Gasteiger partial charge in [-0.15, -0.1) is 0 Å². The molecule has 1 N–H and O–H groups in total. The summed E-state index contributed by atoms with van der Waals surface area (Å²) < 4.78 is 31.4. The van der Waals surface area contributed by atoms with Gasteiger partial charge in [-0.05, 0) is 37.6 Å². The van der Waals surface area contributed by atoms with Gasteiger partial charge in [-0.1, -0.05) is 6.92 Å². The predicted molar refractivity (Wildman–Crippen MR) is 80.8 cm³/mol. The lowest BCUT2D eigenvalue weighted by Gasteiger charge is -2.20. The number of hydrogen-bond donors (Lipinski definition) is 1. The van der Waals surface area contributed by atoms with E-state index in [0.29, 0.717) is 12.3 Å². The number of methoxy groups -OCH3 is 1. The largest absolute Gasteiger partial charge is 0.496 e. The average molecular weight is 314 g/mol. The Kier molecular flexibility index (Phi) is 6.17. The minimum absolute atomic E-state index is 0.159. The number of aryl methyl sites for hydroxylation is 1. The zero-order chi connectivity index (χ0) is 16.0. The van der Waals surface area contributed by atoms with Gasteiger partial charge in [0.05, 0.1) is 18.6 Å². The van der Waals surface area contributed by atoms with Gasteiger partial charge >= 0.3 is 0 Å². The molecule has 0 aliphatic rings. The van der Waals surface area contributed by atoms with Crippen LogP contribution in [0.1, 0.15) is 19.4 Å². The highest BCUT2D eigenvalue weighted by Crippen LogP contribution is 2.23. The monoisotopic (exact) mass is 314 g/mol. The Hall–Kier alpha value is -1.60. The SMILES string of the molecule is CCNC(=O)CN(CC)S(=O)(=O)c1ccc(OC)c(C)c1. The zero-order valence-corrected chi connectivity index (χ0v) is 13.7. The Bertz CT molecular complexity index is 599. The third-order valence-electron chi connectivity index (χ3n) is 3.05. The molecule has 0 unspecified atom stereocenters. The maximum absolute atomic E-state index is 12.6. The molecular weight excluding hydrogens is 292 g/mol. The minimum atomic E-state index is -3.70. The Balaban J connectivity index is 3.07. The van der Waals surface area contributed by atoms with E-state index in [1.807, 2.05) is 0 Å². The molecule has 0 aliphatic heterocycles. The van der Waals surface area contributed by atoms with E-state index in [2.05, 4.69) is 5.32 Å². The second-order valence-electron chi connectivity index (χ2n) is 4.52. The molecule has 1 aromatic carbocycles. The summed E-state index contributed by atoms with van der Waals surface area (Å²) in [5.74, 6) is 0.314. The van der Waals surface area contributed by atoms with Crippen LogP contribution in [0.3, 0.4) is 0 Å². The smallest absolute Gasteiger partial charge is 0.243 e. The maximum Gasteiger partial charge on any atom is 0.243 e. The summed E-state index contributed by atoms with van der Waals surface area (Å²) in [5.41, 5.74) is 0.729. The van der Waals surface area contributed by atoms with E-state index in [4.69, 9.17) is 4.74 Å². The van der Waals surface area contributed by atoms with Crippen LogP contribution in [0.5, 0.6) is 5.75 Å². The van der Waals surface area contributed by atoms with Crippen molar-refractivity contribution < 1.29 is 17.9 Å². The first kappa shape index (κ1) is 17.5. The summed E-state index contributed by atoms with van der Waals surface area (Å²) in [6, 6.07) is 4.65. The summed E-state index contributed by atoms with van der Waals surface area (Å²) in [5, 5.41) is 2.60. The number of carbonyl (C=O) groups is 1. The summed E-state index contributed by atoms with van der Waals surface area (Å²) in [7, 11) is -2.16. The van der Waals surface area contributed by atoms with E-state index in [9.17, 15) is 13.2 Å². The molecule has 7 heteroatoms. The highest BCUT2D eigenvalue weighted by atomic mass is 32.2. The van der Waals surface area contributed by atoms with Crippen LogP contribution in [0, 0.1) is 6.92 Å². The van der Waals surface area contributed by atoms with Crippen LogP contribution in [0.15, 0.2) is 23.1 Å². The molecule has 0 radical (unpaired) electrons. The van der Waals surface area contributed by atoms with Crippen LogP contribution >= 0.6 is 0 Å². The van der Waals surface area contributed by atoms with E-state index in [-0.39, 0.29) is 23.9 Å². The number of ether oxygens (including phenoxy) is 1. The Morgan fingerprint density at radius 2 is 2.00 bits per heavy atom. The first-order chi connectivity index (χ1) is 9.86. The van der Waals surface area contributed by atoms with Crippen LogP contribution in [0.2, 0.25) is 0 Å². The van der Waals surface area contributed by atoms with Crippen molar-refractivity contribution in [3.63, 3.8) is 0 Å². The number of carbonyl (C=O) groups excluding carboxylic acids is 1. The van der Waals surface area contributed by atoms with Gasteiger partial charge in [0.25, 0.3) is 0 Å². The summed E-state index contributed by atoms with van der Waals surface area (Å²) in [6.07, 6.45) is 0. The fourth-order valence-electron chi connectivity index (χ4n) is 1.94. The molecule has 21 heavy (non-hydrogen) atoms. The quantitative estimate of drug-likeness (QED) is 0.819. The standard InChI is InChI=1S/C14H22N2O4S/c1-5-15-14(17)10-16(6-2)21(18,19)12-7-8-13(20-4)11(3)9-12/h7-9H,5-6,10H2,1-4H3,(H,15,17). The van der Waals surface area contributed by atoms with Crippen LogP contribution in [0.4, 0.5) is 0 Å².